The molecule has 0 aromatic heterocycles. The van der Waals surface area contributed by atoms with Crippen molar-refractivity contribution in [3.8, 4) is 0 Å². The lowest BCUT2D eigenvalue weighted by molar-refractivity contribution is -0.214. The van der Waals surface area contributed by atoms with Crippen LogP contribution in [0.3, 0.4) is 0 Å². The lowest BCUT2D eigenvalue weighted by Gasteiger charge is -2.38. The molecule has 22 heavy (non-hydrogen) atoms. The van der Waals surface area contributed by atoms with Gasteiger partial charge in [-0.1, -0.05) is 0 Å². The Kier molecular flexibility index (Phi) is 5.85. The van der Waals surface area contributed by atoms with Crippen molar-refractivity contribution in [2.24, 2.45) is 0 Å². The topological polar surface area (TPSA) is 142 Å². The second-order valence-electron chi connectivity index (χ2n) is 4.51. The van der Waals surface area contributed by atoms with Gasteiger partial charge < -0.3 is 18.9 Å². The third-order valence-corrected chi connectivity index (χ3v) is 3.59. The van der Waals surface area contributed by atoms with Crippen LogP contribution in [0, 0.1) is 0 Å². The van der Waals surface area contributed by atoms with Gasteiger partial charge in [-0.3, -0.25) is 18.9 Å². The molecule has 0 saturated carbocycles. The molecule has 1 unspecified atom stereocenters. The van der Waals surface area contributed by atoms with E-state index in [0.29, 0.717) is 0 Å². The van der Waals surface area contributed by atoms with E-state index in [1.807, 2.05) is 0 Å². The van der Waals surface area contributed by atoms with E-state index < -0.39 is 58.4 Å². The molecule has 10 nitrogen and oxygen atoms in total. The Bertz CT molecular complexity index is 553. The first-order valence-electron chi connectivity index (χ1n) is 6.12. The van der Waals surface area contributed by atoms with Crippen LogP contribution in [0.15, 0.2) is 0 Å². The van der Waals surface area contributed by atoms with E-state index in [2.05, 4.69) is 0 Å². The van der Waals surface area contributed by atoms with E-state index in [9.17, 15) is 22.8 Å². The highest BCUT2D eigenvalue weighted by atomic mass is 32.2. The fraction of sp³-hybridized carbons (Fsp3) is 0.727. The van der Waals surface area contributed by atoms with Crippen LogP contribution in [0.25, 0.3) is 0 Å². The van der Waals surface area contributed by atoms with Gasteiger partial charge in [-0.15, -0.1) is 0 Å². The molecule has 0 bridgehead atoms. The molecule has 1 heterocycles. The van der Waals surface area contributed by atoms with Crippen molar-refractivity contribution < 1.29 is 46.3 Å². The Hall–Kier alpha value is -1.72. The summed E-state index contributed by atoms with van der Waals surface area (Å²) in [7, 11) is -4.77. The summed E-state index contributed by atoms with van der Waals surface area (Å²) in [5.74, 6) is -2.46. The first kappa shape index (κ1) is 18.3. The van der Waals surface area contributed by atoms with Gasteiger partial charge in [-0.2, -0.15) is 8.42 Å². The van der Waals surface area contributed by atoms with Crippen molar-refractivity contribution in [1.29, 1.82) is 0 Å². The molecule has 0 amide bonds. The summed E-state index contributed by atoms with van der Waals surface area (Å²) in [5, 5.41) is 0. The van der Waals surface area contributed by atoms with Crippen molar-refractivity contribution in [3.05, 3.63) is 0 Å². The van der Waals surface area contributed by atoms with Gasteiger partial charge in [0, 0.05) is 20.8 Å². The number of esters is 3. The zero-order valence-electron chi connectivity index (χ0n) is 12.0. The first-order valence-corrected chi connectivity index (χ1v) is 7.62. The maximum atomic E-state index is 11.3. The monoisotopic (exact) mass is 340 g/mol. The smallest absolute Gasteiger partial charge is 0.303 e. The Morgan fingerprint density at radius 3 is 1.82 bits per heavy atom. The Labute approximate surface area is 126 Å². The van der Waals surface area contributed by atoms with Crippen LogP contribution in [0.4, 0.5) is 0 Å². The molecule has 126 valence electrons. The summed E-state index contributed by atoms with van der Waals surface area (Å²) >= 11 is 0. The van der Waals surface area contributed by atoms with Gasteiger partial charge in [0.1, 0.15) is 0 Å². The third-order valence-electron chi connectivity index (χ3n) is 2.60. The van der Waals surface area contributed by atoms with Gasteiger partial charge in [0.2, 0.25) is 5.44 Å². The summed E-state index contributed by atoms with van der Waals surface area (Å²) < 4.78 is 51.3. The van der Waals surface area contributed by atoms with E-state index in [1.54, 1.807) is 0 Å². The van der Waals surface area contributed by atoms with Gasteiger partial charge in [-0.25, -0.2) is 0 Å². The SMILES string of the molecule is CC(=O)O[C@@H]1[C@@H](OC(C)=O)COC(S(=O)(=O)O)[C@H]1OC(C)=O. The number of ether oxygens (including phenoxy) is 4. The molecule has 0 spiro atoms. The molecule has 4 atom stereocenters. The maximum absolute atomic E-state index is 11.3. The van der Waals surface area contributed by atoms with E-state index in [-0.39, 0.29) is 0 Å². The Morgan fingerprint density at radius 2 is 1.41 bits per heavy atom. The number of carbonyl (C=O) groups is 3. The highest BCUT2D eigenvalue weighted by Gasteiger charge is 2.51. The fourth-order valence-corrected chi connectivity index (χ4v) is 2.76. The molecule has 1 aliphatic heterocycles. The summed E-state index contributed by atoms with van der Waals surface area (Å²) in [4.78, 5) is 33.4. The summed E-state index contributed by atoms with van der Waals surface area (Å²) in [6.07, 6.45) is -4.32. The Balaban J connectivity index is 3.18. The molecule has 11 heteroatoms. The van der Waals surface area contributed by atoms with Gasteiger partial charge in [0.15, 0.2) is 18.3 Å². The molecule has 1 fully saturated rings. The normalized spacial score (nSPS) is 28.5. The molecule has 1 N–H and O–H groups in total. The van der Waals surface area contributed by atoms with Crippen LogP contribution < -0.4 is 0 Å². The van der Waals surface area contributed by atoms with E-state index in [0.717, 1.165) is 20.8 Å². The largest absolute Gasteiger partial charge is 0.456 e. The van der Waals surface area contributed by atoms with E-state index in [1.165, 1.54) is 0 Å². The fourth-order valence-electron chi connectivity index (χ4n) is 1.96. The van der Waals surface area contributed by atoms with Crippen LogP contribution in [0.1, 0.15) is 20.8 Å². The van der Waals surface area contributed by atoms with Crippen LogP contribution in [0.2, 0.25) is 0 Å². The molecule has 1 saturated heterocycles. The van der Waals surface area contributed by atoms with Gasteiger partial charge in [-0.05, 0) is 0 Å². The predicted octanol–water partition coefficient (Wildman–Crippen LogP) is -0.974. The van der Waals surface area contributed by atoms with Crippen molar-refractivity contribution in [2.45, 2.75) is 44.5 Å². The van der Waals surface area contributed by atoms with Crippen LogP contribution in [0.5, 0.6) is 0 Å². The van der Waals surface area contributed by atoms with Crippen LogP contribution in [-0.4, -0.2) is 61.2 Å². The second kappa shape index (κ2) is 7.03. The molecular formula is C11H16O10S. The molecule has 0 aliphatic carbocycles. The van der Waals surface area contributed by atoms with Crippen LogP contribution in [-0.2, 0) is 43.4 Å². The minimum atomic E-state index is -4.77. The van der Waals surface area contributed by atoms with Crippen molar-refractivity contribution in [2.75, 3.05) is 6.61 Å². The quantitative estimate of drug-likeness (QED) is 0.385. The van der Waals surface area contributed by atoms with Gasteiger partial charge in [0.25, 0.3) is 10.1 Å². The lowest BCUT2D eigenvalue weighted by atomic mass is 10.1. The molecule has 1 aliphatic rings. The molecule has 0 radical (unpaired) electrons. The van der Waals surface area contributed by atoms with Crippen molar-refractivity contribution in [3.63, 3.8) is 0 Å². The molecule has 0 aromatic carbocycles. The third kappa shape index (κ3) is 4.93. The zero-order valence-corrected chi connectivity index (χ0v) is 12.9. The van der Waals surface area contributed by atoms with E-state index in [4.69, 9.17) is 23.5 Å². The maximum Gasteiger partial charge on any atom is 0.303 e. The predicted molar refractivity (Wildman–Crippen MR) is 68.0 cm³/mol. The van der Waals surface area contributed by atoms with Crippen LogP contribution >= 0.6 is 0 Å². The van der Waals surface area contributed by atoms with Gasteiger partial charge >= 0.3 is 17.9 Å². The second-order valence-corrected chi connectivity index (χ2v) is 6.01. The number of hydrogen-bond acceptors (Lipinski definition) is 9. The summed E-state index contributed by atoms with van der Waals surface area (Å²) in [6.45, 7) is 2.63. The molecule has 0 aromatic rings. The first-order chi connectivity index (χ1) is 10.0. The number of hydrogen-bond donors (Lipinski definition) is 1. The zero-order chi connectivity index (χ0) is 17.1. The molecule has 1 rings (SSSR count). The highest BCUT2D eigenvalue weighted by molar-refractivity contribution is 7.86. The number of rotatable bonds is 4. The highest BCUT2D eigenvalue weighted by Crippen LogP contribution is 2.26. The average Bonchev–Trinajstić information content (AvgIpc) is 2.29. The lowest BCUT2D eigenvalue weighted by Crippen LogP contribution is -2.59. The molecular weight excluding hydrogens is 324 g/mol. The Morgan fingerprint density at radius 1 is 0.955 bits per heavy atom. The van der Waals surface area contributed by atoms with Crippen molar-refractivity contribution >= 4 is 28.0 Å². The number of carbonyl (C=O) groups excluding carboxylic acids is 3. The average molecular weight is 340 g/mol. The van der Waals surface area contributed by atoms with Crippen molar-refractivity contribution in [1.82, 2.24) is 0 Å². The summed E-state index contributed by atoms with van der Waals surface area (Å²) in [5.41, 5.74) is -1.97. The minimum Gasteiger partial charge on any atom is -0.456 e. The standard InChI is InChI=1S/C11H16O10S/c1-5(12)19-8-4-18-11(22(15,16)17)10(21-7(3)14)9(8)20-6(2)13/h8-11H,4H2,1-3H3,(H,15,16,17)/t8-,9+,10-,11?/m0/s1. The minimum absolute atomic E-state index is 0.472. The summed E-state index contributed by atoms with van der Waals surface area (Å²) in [6, 6.07) is 0. The van der Waals surface area contributed by atoms with E-state index >= 15 is 0 Å². The van der Waals surface area contributed by atoms with Gasteiger partial charge in [0.05, 0.1) is 6.61 Å².